The van der Waals surface area contributed by atoms with E-state index < -0.39 is 0 Å². The van der Waals surface area contributed by atoms with Gasteiger partial charge in [-0.25, -0.2) is 0 Å². The molecule has 0 atom stereocenters. The lowest BCUT2D eigenvalue weighted by Crippen LogP contribution is -2.02. The van der Waals surface area contributed by atoms with Crippen LogP contribution in [0.1, 0.15) is 5.56 Å². The van der Waals surface area contributed by atoms with E-state index in [0.29, 0.717) is 22.3 Å². The second-order valence-electron chi connectivity index (χ2n) is 3.58. The molecular formula is C13H12Cl2N2. The van der Waals surface area contributed by atoms with Gasteiger partial charge in [0.25, 0.3) is 0 Å². The van der Waals surface area contributed by atoms with Gasteiger partial charge in [-0.15, -0.1) is 0 Å². The van der Waals surface area contributed by atoms with E-state index in [4.69, 9.17) is 28.9 Å². The van der Waals surface area contributed by atoms with Crippen molar-refractivity contribution in [2.75, 3.05) is 5.32 Å². The Morgan fingerprint density at radius 2 is 1.59 bits per heavy atom. The van der Waals surface area contributed by atoms with Gasteiger partial charge in [0.2, 0.25) is 0 Å². The number of hydrogen-bond donors (Lipinski definition) is 2. The first-order valence-corrected chi connectivity index (χ1v) is 5.97. The van der Waals surface area contributed by atoms with Crippen LogP contribution in [0.5, 0.6) is 0 Å². The number of nitrogens with one attached hydrogen (secondary N) is 1. The number of hydrogen-bond acceptors (Lipinski definition) is 2. The van der Waals surface area contributed by atoms with Crippen molar-refractivity contribution in [2.45, 2.75) is 6.54 Å². The Kier molecular flexibility index (Phi) is 3.89. The third-order valence-corrected chi connectivity index (χ3v) is 3.09. The minimum absolute atomic E-state index is 0.464. The summed E-state index contributed by atoms with van der Waals surface area (Å²) in [6.07, 6.45) is 0. The first-order valence-electron chi connectivity index (χ1n) is 5.21. The molecule has 0 aliphatic rings. The predicted molar refractivity (Wildman–Crippen MR) is 74.1 cm³/mol. The van der Waals surface area contributed by atoms with Crippen molar-refractivity contribution in [1.29, 1.82) is 0 Å². The van der Waals surface area contributed by atoms with E-state index in [1.54, 1.807) is 12.1 Å². The molecule has 17 heavy (non-hydrogen) atoms. The van der Waals surface area contributed by atoms with Gasteiger partial charge in [-0.2, -0.15) is 0 Å². The molecule has 88 valence electrons. The number of benzene rings is 2. The van der Waals surface area contributed by atoms with E-state index >= 15 is 0 Å². The van der Waals surface area contributed by atoms with Crippen molar-refractivity contribution in [3.63, 3.8) is 0 Å². The summed E-state index contributed by atoms with van der Waals surface area (Å²) in [4.78, 5) is 0. The number of anilines is 2. The summed E-state index contributed by atoms with van der Waals surface area (Å²) in [5.74, 6) is 0. The molecule has 2 aromatic carbocycles. The molecule has 0 radical (unpaired) electrons. The average molecular weight is 267 g/mol. The van der Waals surface area contributed by atoms with E-state index in [2.05, 4.69) is 5.32 Å². The van der Waals surface area contributed by atoms with Gasteiger partial charge in [-0.05, 0) is 23.8 Å². The quantitative estimate of drug-likeness (QED) is 0.874. The van der Waals surface area contributed by atoms with Crippen LogP contribution < -0.4 is 11.1 Å². The van der Waals surface area contributed by atoms with Gasteiger partial charge in [0.05, 0.1) is 15.7 Å². The van der Waals surface area contributed by atoms with Crippen LogP contribution in [0, 0.1) is 0 Å². The fourth-order valence-corrected chi connectivity index (χ4v) is 2.06. The van der Waals surface area contributed by atoms with Gasteiger partial charge in [0, 0.05) is 12.2 Å². The molecule has 3 N–H and O–H groups in total. The first-order chi connectivity index (χ1) is 8.22. The fourth-order valence-electron chi connectivity index (χ4n) is 1.57. The molecule has 0 amide bonds. The molecule has 0 heterocycles. The number of nitrogens with two attached hydrogens (primary N) is 1. The van der Waals surface area contributed by atoms with Gasteiger partial charge in [0.15, 0.2) is 0 Å². The van der Waals surface area contributed by atoms with Crippen LogP contribution in [0.25, 0.3) is 0 Å². The molecule has 0 bridgehead atoms. The van der Waals surface area contributed by atoms with Gasteiger partial charge in [-0.3, -0.25) is 0 Å². The number of para-hydroxylation sites is 2. The van der Waals surface area contributed by atoms with E-state index in [0.717, 1.165) is 11.3 Å². The van der Waals surface area contributed by atoms with Gasteiger partial charge in [0.1, 0.15) is 0 Å². The van der Waals surface area contributed by atoms with Gasteiger partial charge < -0.3 is 11.1 Å². The molecule has 0 aliphatic heterocycles. The highest BCUT2D eigenvalue weighted by Gasteiger charge is 2.07. The number of halogens is 2. The molecule has 0 aromatic heterocycles. The van der Waals surface area contributed by atoms with Crippen molar-refractivity contribution in [3.8, 4) is 0 Å². The van der Waals surface area contributed by atoms with Crippen LogP contribution in [-0.4, -0.2) is 0 Å². The summed E-state index contributed by atoms with van der Waals surface area (Å²) in [6, 6.07) is 13.2. The molecule has 0 aliphatic carbocycles. The Bertz CT molecular complexity index is 506. The Balaban J connectivity index is 2.38. The third kappa shape index (κ3) is 2.72. The highest BCUT2D eigenvalue weighted by atomic mass is 35.5. The van der Waals surface area contributed by atoms with E-state index in [9.17, 15) is 0 Å². The first kappa shape index (κ1) is 12.2. The minimum Gasteiger partial charge on any atom is -0.353 e. The average Bonchev–Trinajstić information content (AvgIpc) is 2.34. The maximum absolute atomic E-state index is 6.10. The van der Waals surface area contributed by atoms with Crippen LogP contribution >= 0.6 is 23.2 Å². The molecule has 4 heteroatoms. The Morgan fingerprint density at radius 1 is 0.941 bits per heavy atom. The van der Waals surface area contributed by atoms with E-state index in [1.165, 1.54) is 0 Å². The maximum Gasteiger partial charge on any atom is 0.0763 e. The molecule has 0 spiro atoms. The zero-order valence-electron chi connectivity index (χ0n) is 9.08. The van der Waals surface area contributed by atoms with Crippen molar-refractivity contribution in [2.24, 2.45) is 5.73 Å². The Hall–Kier alpha value is -1.22. The summed E-state index contributed by atoms with van der Waals surface area (Å²) < 4.78 is 0. The van der Waals surface area contributed by atoms with E-state index in [1.807, 2.05) is 30.3 Å². The Morgan fingerprint density at radius 3 is 2.24 bits per heavy atom. The van der Waals surface area contributed by atoms with Crippen molar-refractivity contribution in [1.82, 2.24) is 0 Å². The third-order valence-electron chi connectivity index (χ3n) is 2.46. The second-order valence-corrected chi connectivity index (χ2v) is 4.40. The van der Waals surface area contributed by atoms with Crippen LogP contribution in [0.15, 0.2) is 42.5 Å². The van der Waals surface area contributed by atoms with Crippen LogP contribution in [0.3, 0.4) is 0 Å². The summed E-state index contributed by atoms with van der Waals surface area (Å²) >= 11 is 12.2. The molecule has 0 saturated carbocycles. The Labute approximate surface area is 110 Å². The summed E-state index contributed by atoms with van der Waals surface area (Å²) in [7, 11) is 0. The monoisotopic (exact) mass is 266 g/mol. The van der Waals surface area contributed by atoms with Crippen LogP contribution in [-0.2, 0) is 6.54 Å². The molecular weight excluding hydrogens is 255 g/mol. The smallest absolute Gasteiger partial charge is 0.0763 e. The molecule has 2 aromatic rings. The molecule has 0 unspecified atom stereocenters. The van der Waals surface area contributed by atoms with E-state index in [-0.39, 0.29) is 0 Å². The zero-order chi connectivity index (χ0) is 12.3. The number of rotatable bonds is 3. The summed E-state index contributed by atoms with van der Waals surface area (Å²) in [6.45, 7) is 0.464. The highest BCUT2D eigenvalue weighted by Crippen LogP contribution is 2.33. The van der Waals surface area contributed by atoms with Crippen molar-refractivity contribution >= 4 is 34.6 Å². The fraction of sp³-hybridized carbons (Fsp3) is 0.0769. The molecule has 0 fully saturated rings. The summed E-state index contributed by atoms with van der Waals surface area (Å²) in [5.41, 5.74) is 8.32. The largest absolute Gasteiger partial charge is 0.353 e. The SMILES string of the molecule is NCc1ccccc1Nc1c(Cl)cccc1Cl. The lowest BCUT2D eigenvalue weighted by atomic mass is 10.1. The molecule has 2 nitrogen and oxygen atoms in total. The normalized spacial score (nSPS) is 10.3. The second kappa shape index (κ2) is 5.41. The van der Waals surface area contributed by atoms with Crippen LogP contribution in [0.4, 0.5) is 11.4 Å². The van der Waals surface area contributed by atoms with Crippen LogP contribution in [0.2, 0.25) is 10.0 Å². The lowest BCUT2D eigenvalue weighted by molar-refractivity contribution is 1.07. The standard InChI is InChI=1S/C13H12Cl2N2/c14-10-5-3-6-11(15)13(10)17-12-7-2-1-4-9(12)8-16/h1-7,17H,8,16H2. The lowest BCUT2D eigenvalue weighted by Gasteiger charge is -2.13. The predicted octanol–water partition coefficient (Wildman–Crippen LogP) is 4.20. The minimum atomic E-state index is 0.464. The van der Waals surface area contributed by atoms with Crippen molar-refractivity contribution < 1.29 is 0 Å². The zero-order valence-corrected chi connectivity index (χ0v) is 10.6. The maximum atomic E-state index is 6.10. The summed E-state index contributed by atoms with van der Waals surface area (Å²) in [5, 5.41) is 4.39. The molecule has 0 saturated heterocycles. The highest BCUT2D eigenvalue weighted by molar-refractivity contribution is 6.39. The van der Waals surface area contributed by atoms with Crippen molar-refractivity contribution in [3.05, 3.63) is 58.1 Å². The molecule has 2 rings (SSSR count). The topological polar surface area (TPSA) is 38.0 Å². The van der Waals surface area contributed by atoms with Gasteiger partial charge >= 0.3 is 0 Å². The van der Waals surface area contributed by atoms with Gasteiger partial charge in [-0.1, -0.05) is 47.5 Å².